The van der Waals surface area contributed by atoms with Crippen LogP contribution in [0.5, 0.6) is 5.75 Å². The molecule has 0 heterocycles. The summed E-state index contributed by atoms with van der Waals surface area (Å²) in [5.41, 5.74) is -0.0760. The van der Waals surface area contributed by atoms with Crippen molar-refractivity contribution in [1.82, 2.24) is 5.32 Å². The molecule has 150 valence electrons. The summed E-state index contributed by atoms with van der Waals surface area (Å²) in [6, 6.07) is 10.3. The summed E-state index contributed by atoms with van der Waals surface area (Å²) in [6.45, 7) is -0.0419. The number of nitrogens with one attached hydrogen (secondary N) is 2. The minimum atomic E-state index is -4.55. The van der Waals surface area contributed by atoms with Crippen LogP contribution in [0.1, 0.15) is 17.3 Å². The molecular weight excluding hydrogens is 420 g/mol. The Balaban J connectivity index is 2.09. The largest absolute Gasteiger partial charge is 0.479 e. The molecule has 2 aromatic carbocycles. The zero-order valence-corrected chi connectivity index (χ0v) is 16.0. The maximum absolute atomic E-state index is 12.4. The van der Waals surface area contributed by atoms with Crippen LogP contribution < -0.4 is 15.4 Å². The third kappa shape index (κ3) is 6.03. The lowest BCUT2D eigenvalue weighted by Crippen LogP contribution is -2.35. The fraction of sp³-hybridized carbons (Fsp3) is 0.222. The fourth-order valence-corrected chi connectivity index (χ4v) is 2.46. The summed E-state index contributed by atoms with van der Waals surface area (Å²) in [4.78, 5) is 24.4. The highest BCUT2D eigenvalue weighted by Gasteiger charge is 2.28. The number of para-hydroxylation sites is 1. The summed E-state index contributed by atoms with van der Waals surface area (Å²) >= 11 is 11.9. The highest BCUT2D eigenvalue weighted by Crippen LogP contribution is 2.32. The van der Waals surface area contributed by atoms with Crippen molar-refractivity contribution in [1.29, 1.82) is 0 Å². The zero-order chi connectivity index (χ0) is 20.9. The van der Waals surface area contributed by atoms with Gasteiger partial charge < -0.3 is 15.4 Å². The summed E-state index contributed by atoms with van der Waals surface area (Å²) < 4.78 is 42.4. The molecule has 0 aliphatic rings. The standard InChI is InChI=1S/C18H15Cl2F3N2O3/c1-10(28-14-8-4-6-12(19)15(14)20)16(26)25-13-7-3-2-5-11(13)17(27)24-9-18(21,22)23/h2-8,10H,9H2,1H3,(H,24,27)(H,25,26). The van der Waals surface area contributed by atoms with E-state index in [2.05, 4.69) is 5.32 Å². The Bertz CT molecular complexity index is 875. The molecule has 0 saturated heterocycles. The summed E-state index contributed by atoms with van der Waals surface area (Å²) in [7, 11) is 0. The summed E-state index contributed by atoms with van der Waals surface area (Å²) in [6.07, 6.45) is -5.57. The predicted octanol–water partition coefficient (Wildman–Crippen LogP) is 4.69. The van der Waals surface area contributed by atoms with E-state index in [1.165, 1.54) is 37.3 Å². The van der Waals surface area contributed by atoms with Gasteiger partial charge in [0.1, 0.15) is 17.3 Å². The molecule has 28 heavy (non-hydrogen) atoms. The van der Waals surface area contributed by atoms with Gasteiger partial charge in [0.05, 0.1) is 16.3 Å². The highest BCUT2D eigenvalue weighted by molar-refractivity contribution is 6.42. The molecule has 0 bridgehead atoms. The number of rotatable bonds is 6. The van der Waals surface area contributed by atoms with Crippen molar-refractivity contribution in [3.63, 3.8) is 0 Å². The number of carbonyl (C=O) groups excluding carboxylic acids is 2. The third-order valence-corrected chi connectivity index (χ3v) is 4.27. The fourth-order valence-electron chi connectivity index (χ4n) is 2.12. The van der Waals surface area contributed by atoms with Crippen molar-refractivity contribution >= 4 is 40.7 Å². The molecular formula is C18H15Cl2F3N2O3. The molecule has 1 unspecified atom stereocenters. The van der Waals surface area contributed by atoms with E-state index < -0.39 is 30.6 Å². The molecule has 0 saturated carbocycles. The number of hydrogen-bond donors (Lipinski definition) is 2. The van der Waals surface area contributed by atoms with Crippen LogP contribution >= 0.6 is 23.2 Å². The van der Waals surface area contributed by atoms with E-state index in [0.717, 1.165) is 0 Å². The lowest BCUT2D eigenvalue weighted by molar-refractivity contribution is -0.123. The average Bonchev–Trinajstić information content (AvgIpc) is 2.63. The number of halogens is 5. The molecule has 2 amide bonds. The molecule has 1 atom stereocenters. The first-order valence-electron chi connectivity index (χ1n) is 7.94. The van der Waals surface area contributed by atoms with Crippen molar-refractivity contribution in [3.05, 3.63) is 58.1 Å². The van der Waals surface area contributed by atoms with Gasteiger partial charge in [0.15, 0.2) is 6.10 Å². The van der Waals surface area contributed by atoms with E-state index >= 15 is 0 Å². The number of alkyl halides is 3. The van der Waals surface area contributed by atoms with E-state index in [9.17, 15) is 22.8 Å². The minimum absolute atomic E-state index is 0.0415. The topological polar surface area (TPSA) is 67.4 Å². The van der Waals surface area contributed by atoms with Gasteiger partial charge in [0.2, 0.25) is 0 Å². The first-order chi connectivity index (χ1) is 13.1. The van der Waals surface area contributed by atoms with Crippen LogP contribution in [0.15, 0.2) is 42.5 Å². The van der Waals surface area contributed by atoms with Crippen LogP contribution in [0.4, 0.5) is 18.9 Å². The molecule has 0 aromatic heterocycles. The average molecular weight is 435 g/mol. The van der Waals surface area contributed by atoms with Crippen LogP contribution in [0.25, 0.3) is 0 Å². The van der Waals surface area contributed by atoms with Gasteiger partial charge in [-0.15, -0.1) is 0 Å². The molecule has 0 fully saturated rings. The Morgan fingerprint density at radius 1 is 1.11 bits per heavy atom. The molecule has 2 aromatic rings. The van der Waals surface area contributed by atoms with Crippen LogP contribution in [0.2, 0.25) is 10.0 Å². The van der Waals surface area contributed by atoms with Crippen molar-refractivity contribution in [2.45, 2.75) is 19.2 Å². The van der Waals surface area contributed by atoms with Crippen LogP contribution in [0.3, 0.4) is 0 Å². The monoisotopic (exact) mass is 434 g/mol. The molecule has 10 heteroatoms. The molecule has 0 aliphatic heterocycles. The lowest BCUT2D eigenvalue weighted by Gasteiger charge is -2.17. The van der Waals surface area contributed by atoms with E-state index in [-0.39, 0.29) is 27.0 Å². The molecule has 0 spiro atoms. The smallest absolute Gasteiger partial charge is 0.405 e. The van der Waals surface area contributed by atoms with Gasteiger partial charge in [-0.25, -0.2) is 0 Å². The van der Waals surface area contributed by atoms with E-state index in [1.807, 2.05) is 0 Å². The number of carbonyl (C=O) groups is 2. The third-order valence-electron chi connectivity index (χ3n) is 3.47. The second-order valence-electron chi connectivity index (χ2n) is 5.64. The van der Waals surface area contributed by atoms with Gasteiger partial charge in [-0.1, -0.05) is 41.4 Å². The van der Waals surface area contributed by atoms with Gasteiger partial charge in [-0.3, -0.25) is 9.59 Å². The molecule has 0 aliphatic carbocycles. The zero-order valence-electron chi connectivity index (χ0n) is 14.4. The molecule has 0 radical (unpaired) electrons. The highest BCUT2D eigenvalue weighted by atomic mass is 35.5. The second kappa shape index (κ2) is 9.16. The predicted molar refractivity (Wildman–Crippen MR) is 100 cm³/mol. The summed E-state index contributed by atoms with van der Waals surface area (Å²) in [5.74, 6) is -1.42. The SMILES string of the molecule is CC(Oc1cccc(Cl)c1Cl)C(=O)Nc1ccccc1C(=O)NCC(F)(F)F. The normalized spacial score (nSPS) is 12.2. The van der Waals surface area contributed by atoms with Gasteiger partial charge in [-0.05, 0) is 31.2 Å². The van der Waals surface area contributed by atoms with E-state index in [0.29, 0.717) is 0 Å². The quantitative estimate of drug-likeness (QED) is 0.692. The minimum Gasteiger partial charge on any atom is -0.479 e. The van der Waals surface area contributed by atoms with Crippen LogP contribution in [-0.2, 0) is 4.79 Å². The Morgan fingerprint density at radius 3 is 2.46 bits per heavy atom. The number of amides is 2. The van der Waals surface area contributed by atoms with E-state index in [1.54, 1.807) is 17.4 Å². The number of hydrogen-bond acceptors (Lipinski definition) is 3. The maximum Gasteiger partial charge on any atom is 0.405 e. The lowest BCUT2D eigenvalue weighted by atomic mass is 10.1. The number of anilines is 1. The Kier molecular flexibility index (Phi) is 7.15. The number of benzene rings is 2. The first kappa shape index (κ1) is 21.8. The first-order valence-corrected chi connectivity index (χ1v) is 8.69. The maximum atomic E-state index is 12.4. The Hall–Kier alpha value is -2.45. The second-order valence-corrected chi connectivity index (χ2v) is 6.43. The molecule has 2 N–H and O–H groups in total. The van der Waals surface area contributed by atoms with E-state index in [4.69, 9.17) is 27.9 Å². The van der Waals surface area contributed by atoms with Crippen molar-refractivity contribution in [2.75, 3.05) is 11.9 Å². The van der Waals surface area contributed by atoms with Crippen molar-refractivity contribution in [3.8, 4) is 5.75 Å². The number of ether oxygens (including phenoxy) is 1. The Morgan fingerprint density at radius 2 is 1.79 bits per heavy atom. The van der Waals surface area contributed by atoms with Gasteiger partial charge >= 0.3 is 6.18 Å². The van der Waals surface area contributed by atoms with Gasteiger partial charge in [-0.2, -0.15) is 13.2 Å². The molecule has 5 nitrogen and oxygen atoms in total. The molecule has 2 rings (SSSR count). The van der Waals surface area contributed by atoms with Crippen molar-refractivity contribution < 1.29 is 27.5 Å². The van der Waals surface area contributed by atoms with Crippen LogP contribution in [0, 0.1) is 0 Å². The summed E-state index contributed by atoms with van der Waals surface area (Å²) in [5, 5.41) is 4.60. The Labute approximate surface area is 168 Å². The van der Waals surface area contributed by atoms with Crippen LogP contribution in [-0.4, -0.2) is 30.6 Å². The van der Waals surface area contributed by atoms with Gasteiger partial charge in [0.25, 0.3) is 11.8 Å². The van der Waals surface area contributed by atoms with Gasteiger partial charge in [0, 0.05) is 0 Å². The van der Waals surface area contributed by atoms with Crippen molar-refractivity contribution in [2.24, 2.45) is 0 Å².